The van der Waals surface area contributed by atoms with Crippen molar-refractivity contribution in [2.24, 2.45) is 5.92 Å². The molecule has 1 heterocycles. The Kier molecular flexibility index (Phi) is 4.90. The predicted molar refractivity (Wildman–Crippen MR) is 89.4 cm³/mol. The van der Waals surface area contributed by atoms with Crippen LogP contribution in [0.4, 0.5) is 18.9 Å². The van der Waals surface area contributed by atoms with Crippen molar-refractivity contribution in [3.8, 4) is 5.75 Å². The molecule has 134 valence electrons. The van der Waals surface area contributed by atoms with Gasteiger partial charge in [-0.25, -0.2) is 0 Å². The van der Waals surface area contributed by atoms with Gasteiger partial charge < -0.3 is 15.5 Å². The summed E-state index contributed by atoms with van der Waals surface area (Å²) in [6.45, 7) is 0.0498. The maximum atomic E-state index is 13.0. The van der Waals surface area contributed by atoms with Crippen molar-refractivity contribution >= 4 is 5.69 Å². The van der Waals surface area contributed by atoms with Gasteiger partial charge in [-0.2, -0.15) is 13.2 Å². The number of benzene rings is 2. The highest BCUT2D eigenvalue weighted by Crippen LogP contribution is 2.41. The van der Waals surface area contributed by atoms with E-state index in [-0.39, 0.29) is 24.3 Å². The highest BCUT2D eigenvalue weighted by Gasteiger charge is 2.34. The molecule has 2 aromatic rings. The third kappa shape index (κ3) is 3.90. The summed E-state index contributed by atoms with van der Waals surface area (Å²) >= 11 is 0. The SMILES string of the molecule is OCCC[C@H]1Cc2cc(C(F)(F)F)ccc2NC1c1ccc(O)cc1. The number of hydrogen-bond donors (Lipinski definition) is 3. The van der Waals surface area contributed by atoms with Crippen molar-refractivity contribution < 1.29 is 23.4 Å². The Hall–Kier alpha value is -2.21. The summed E-state index contributed by atoms with van der Waals surface area (Å²) in [7, 11) is 0. The van der Waals surface area contributed by atoms with Crippen LogP contribution in [-0.2, 0) is 12.6 Å². The average Bonchev–Trinajstić information content (AvgIpc) is 2.58. The van der Waals surface area contributed by atoms with Gasteiger partial charge in [-0.1, -0.05) is 12.1 Å². The Morgan fingerprint density at radius 1 is 1.08 bits per heavy atom. The van der Waals surface area contributed by atoms with Gasteiger partial charge >= 0.3 is 6.18 Å². The van der Waals surface area contributed by atoms with Crippen molar-refractivity contribution in [2.75, 3.05) is 11.9 Å². The van der Waals surface area contributed by atoms with Gasteiger partial charge in [0, 0.05) is 12.3 Å². The van der Waals surface area contributed by atoms with Crippen LogP contribution in [0.1, 0.15) is 35.6 Å². The quantitative estimate of drug-likeness (QED) is 0.760. The molecule has 0 bridgehead atoms. The topological polar surface area (TPSA) is 52.5 Å². The number of hydrogen-bond acceptors (Lipinski definition) is 3. The molecular weight excluding hydrogens is 331 g/mol. The Bertz CT molecular complexity index is 728. The number of phenolic OH excluding ortho intramolecular Hbond substituents is 1. The fourth-order valence-corrected chi connectivity index (χ4v) is 3.42. The molecule has 0 saturated carbocycles. The fraction of sp³-hybridized carbons (Fsp3) is 0.368. The van der Waals surface area contributed by atoms with Gasteiger partial charge in [0.15, 0.2) is 0 Å². The van der Waals surface area contributed by atoms with E-state index in [0.29, 0.717) is 30.5 Å². The molecule has 2 aromatic carbocycles. The molecule has 1 aliphatic heterocycles. The summed E-state index contributed by atoms with van der Waals surface area (Å²) in [5.41, 5.74) is 1.67. The second-order valence-corrected chi connectivity index (χ2v) is 6.41. The van der Waals surface area contributed by atoms with Gasteiger partial charge in [-0.05, 0) is 66.6 Å². The molecule has 0 spiro atoms. The first-order valence-electron chi connectivity index (χ1n) is 8.25. The smallest absolute Gasteiger partial charge is 0.416 e. The van der Waals surface area contributed by atoms with Gasteiger partial charge in [0.25, 0.3) is 0 Å². The molecule has 0 radical (unpaired) electrons. The lowest BCUT2D eigenvalue weighted by atomic mass is 9.80. The second-order valence-electron chi connectivity index (χ2n) is 6.41. The summed E-state index contributed by atoms with van der Waals surface area (Å²) in [5, 5.41) is 21.9. The average molecular weight is 351 g/mol. The first-order valence-corrected chi connectivity index (χ1v) is 8.25. The van der Waals surface area contributed by atoms with E-state index in [2.05, 4.69) is 5.32 Å². The molecule has 25 heavy (non-hydrogen) atoms. The third-order valence-electron chi connectivity index (χ3n) is 4.68. The number of aromatic hydroxyl groups is 1. The summed E-state index contributed by atoms with van der Waals surface area (Å²) in [6.07, 6.45) is -2.55. The zero-order valence-electron chi connectivity index (χ0n) is 13.6. The van der Waals surface area contributed by atoms with Gasteiger partial charge in [-0.15, -0.1) is 0 Å². The lowest BCUT2D eigenvalue weighted by Crippen LogP contribution is -2.28. The zero-order chi connectivity index (χ0) is 18.0. The van der Waals surface area contributed by atoms with Crippen LogP contribution in [0.2, 0.25) is 0 Å². The molecular formula is C19H20F3NO2. The van der Waals surface area contributed by atoms with Crippen molar-refractivity contribution in [3.63, 3.8) is 0 Å². The minimum atomic E-state index is -4.36. The number of aliphatic hydroxyl groups is 1. The molecule has 3 nitrogen and oxygen atoms in total. The highest BCUT2D eigenvalue weighted by atomic mass is 19.4. The molecule has 0 fully saturated rings. The first kappa shape index (κ1) is 17.6. The van der Waals surface area contributed by atoms with Crippen LogP contribution in [-0.4, -0.2) is 16.8 Å². The van der Waals surface area contributed by atoms with Crippen molar-refractivity contribution in [3.05, 3.63) is 59.2 Å². The number of phenols is 1. The number of fused-ring (bicyclic) bond motifs is 1. The largest absolute Gasteiger partial charge is 0.508 e. The highest BCUT2D eigenvalue weighted by molar-refractivity contribution is 5.57. The van der Waals surface area contributed by atoms with Gasteiger partial charge in [0.05, 0.1) is 11.6 Å². The molecule has 3 rings (SSSR count). The predicted octanol–water partition coefficient (Wildman–Crippen LogP) is 4.51. The number of aliphatic hydroxyl groups excluding tert-OH is 1. The maximum absolute atomic E-state index is 13.0. The third-order valence-corrected chi connectivity index (χ3v) is 4.68. The van der Waals surface area contributed by atoms with E-state index >= 15 is 0 Å². The van der Waals surface area contributed by atoms with E-state index in [4.69, 9.17) is 5.11 Å². The van der Waals surface area contributed by atoms with E-state index < -0.39 is 11.7 Å². The lowest BCUT2D eigenvalue weighted by molar-refractivity contribution is -0.137. The monoisotopic (exact) mass is 351 g/mol. The van der Waals surface area contributed by atoms with Crippen LogP contribution >= 0.6 is 0 Å². The van der Waals surface area contributed by atoms with Crippen molar-refractivity contribution in [1.82, 2.24) is 0 Å². The van der Waals surface area contributed by atoms with Crippen LogP contribution in [0, 0.1) is 5.92 Å². The number of alkyl halides is 3. The summed E-state index contributed by atoms with van der Waals surface area (Å²) < 4.78 is 38.9. The minimum absolute atomic E-state index is 0.0498. The first-order chi connectivity index (χ1) is 11.9. The fourth-order valence-electron chi connectivity index (χ4n) is 3.42. The van der Waals surface area contributed by atoms with E-state index in [1.807, 2.05) is 12.1 Å². The minimum Gasteiger partial charge on any atom is -0.508 e. The van der Waals surface area contributed by atoms with Gasteiger partial charge in [-0.3, -0.25) is 0 Å². The van der Waals surface area contributed by atoms with Crippen LogP contribution < -0.4 is 5.32 Å². The maximum Gasteiger partial charge on any atom is 0.416 e. The lowest BCUT2D eigenvalue weighted by Gasteiger charge is -2.35. The zero-order valence-corrected chi connectivity index (χ0v) is 13.6. The van der Waals surface area contributed by atoms with Crippen molar-refractivity contribution in [1.29, 1.82) is 0 Å². The Morgan fingerprint density at radius 2 is 1.80 bits per heavy atom. The molecule has 3 N–H and O–H groups in total. The summed E-state index contributed by atoms with van der Waals surface area (Å²) in [4.78, 5) is 0. The van der Waals surface area contributed by atoms with Gasteiger partial charge in [0.2, 0.25) is 0 Å². The normalized spacial score (nSPS) is 20.0. The second kappa shape index (κ2) is 6.96. The van der Waals surface area contributed by atoms with E-state index in [0.717, 1.165) is 11.6 Å². The van der Waals surface area contributed by atoms with Crippen LogP contribution in [0.3, 0.4) is 0 Å². The van der Waals surface area contributed by atoms with Crippen LogP contribution in [0.5, 0.6) is 5.75 Å². The number of nitrogens with one attached hydrogen (secondary N) is 1. The Labute approximate surface area is 144 Å². The molecule has 1 aliphatic rings. The Morgan fingerprint density at radius 3 is 2.44 bits per heavy atom. The molecule has 0 aromatic heterocycles. The van der Waals surface area contributed by atoms with Crippen molar-refractivity contribution in [2.45, 2.75) is 31.5 Å². The molecule has 0 amide bonds. The van der Waals surface area contributed by atoms with Crippen LogP contribution in [0.15, 0.2) is 42.5 Å². The van der Waals surface area contributed by atoms with E-state index in [9.17, 15) is 18.3 Å². The number of halogens is 3. The molecule has 0 saturated heterocycles. The summed E-state index contributed by atoms with van der Waals surface area (Å²) in [6, 6.07) is 10.5. The number of rotatable bonds is 4. The summed E-state index contributed by atoms with van der Waals surface area (Å²) in [5.74, 6) is 0.231. The standard InChI is InChI=1S/C19H20F3NO2/c20-19(21,22)15-5-8-17-14(11-15)10-13(2-1-9-24)18(23-17)12-3-6-16(25)7-4-12/h3-8,11,13,18,23-25H,1-2,9-10H2/t13-,18?/m0/s1. The molecule has 1 unspecified atom stereocenters. The molecule has 0 aliphatic carbocycles. The van der Waals surface area contributed by atoms with E-state index in [1.54, 1.807) is 12.1 Å². The Balaban J connectivity index is 1.93. The van der Waals surface area contributed by atoms with E-state index in [1.165, 1.54) is 12.1 Å². The number of anilines is 1. The van der Waals surface area contributed by atoms with Crippen LogP contribution in [0.25, 0.3) is 0 Å². The van der Waals surface area contributed by atoms with Gasteiger partial charge in [0.1, 0.15) is 5.75 Å². The molecule has 2 atom stereocenters. The molecule has 6 heteroatoms.